The van der Waals surface area contributed by atoms with E-state index in [1.807, 2.05) is 0 Å². The van der Waals surface area contributed by atoms with Crippen LogP contribution in [0.1, 0.15) is 16.2 Å². The van der Waals surface area contributed by atoms with E-state index < -0.39 is 22.9 Å². The summed E-state index contributed by atoms with van der Waals surface area (Å²) < 4.78 is 18.6. The molecule has 0 unspecified atom stereocenters. The van der Waals surface area contributed by atoms with Crippen molar-refractivity contribution in [3.63, 3.8) is 0 Å². The maximum Gasteiger partial charge on any atom is 0.338 e. The topological polar surface area (TPSA) is 92.3 Å². The minimum Gasteiger partial charge on any atom is -0.478 e. The smallest absolute Gasteiger partial charge is 0.338 e. The molecule has 0 amide bonds. The lowest BCUT2D eigenvalue weighted by Crippen LogP contribution is -2.08. The number of hydrogen-bond donors (Lipinski definition) is 2. The van der Waals surface area contributed by atoms with E-state index in [-0.39, 0.29) is 11.6 Å². The van der Waals surface area contributed by atoms with Gasteiger partial charge in [0.1, 0.15) is 17.4 Å². The van der Waals surface area contributed by atoms with Gasteiger partial charge in [-0.05, 0) is 19.1 Å². The Morgan fingerprint density at radius 2 is 2.16 bits per heavy atom. The zero-order valence-corrected chi connectivity index (χ0v) is 9.81. The molecular weight excluding hydrogens is 255 g/mol. The Balaban J connectivity index is 2.31. The number of ether oxygens (including phenoxy) is 1. The average Bonchev–Trinajstić information content (AvgIpc) is 2.26. The number of carbonyl (C=O) groups is 1. The Kier molecular flexibility index (Phi) is 3.28. The number of rotatable bonds is 3. The van der Waals surface area contributed by atoms with Crippen LogP contribution < -0.4 is 10.3 Å². The number of carboxylic acids is 1. The molecule has 0 saturated heterocycles. The van der Waals surface area contributed by atoms with Crippen molar-refractivity contribution in [1.29, 1.82) is 0 Å². The third-order valence-corrected chi connectivity index (χ3v) is 2.23. The van der Waals surface area contributed by atoms with Gasteiger partial charge >= 0.3 is 5.97 Å². The summed E-state index contributed by atoms with van der Waals surface area (Å²) in [6.07, 6.45) is 0. The first kappa shape index (κ1) is 12.7. The second-order valence-corrected chi connectivity index (χ2v) is 3.72. The van der Waals surface area contributed by atoms with Gasteiger partial charge in [-0.2, -0.15) is 0 Å². The van der Waals surface area contributed by atoms with Gasteiger partial charge in [0.15, 0.2) is 0 Å². The van der Waals surface area contributed by atoms with Crippen LogP contribution in [0.2, 0.25) is 0 Å². The van der Waals surface area contributed by atoms with Crippen LogP contribution in [0.3, 0.4) is 0 Å². The SMILES string of the molecule is Cc1nc(Oc2ccc(C(=O)O)c(F)c2)cc(=O)[nH]1. The van der Waals surface area contributed by atoms with Crippen LogP contribution in [0.15, 0.2) is 29.1 Å². The van der Waals surface area contributed by atoms with Crippen molar-refractivity contribution >= 4 is 5.97 Å². The number of halogens is 1. The first-order valence-corrected chi connectivity index (χ1v) is 5.24. The monoisotopic (exact) mass is 264 g/mol. The third kappa shape index (κ3) is 2.95. The summed E-state index contributed by atoms with van der Waals surface area (Å²) in [7, 11) is 0. The highest BCUT2D eigenvalue weighted by molar-refractivity contribution is 5.88. The van der Waals surface area contributed by atoms with Crippen LogP contribution in [0.5, 0.6) is 11.6 Å². The number of nitrogens with zero attached hydrogens (tertiary/aromatic N) is 1. The number of aromatic amines is 1. The summed E-state index contributed by atoms with van der Waals surface area (Å²) in [5.41, 5.74) is -0.854. The lowest BCUT2D eigenvalue weighted by Gasteiger charge is -2.06. The van der Waals surface area contributed by atoms with Crippen molar-refractivity contribution in [2.75, 3.05) is 0 Å². The molecule has 0 saturated carbocycles. The van der Waals surface area contributed by atoms with Crippen LogP contribution in [0, 0.1) is 12.7 Å². The quantitative estimate of drug-likeness (QED) is 0.880. The number of carboxylic acid groups (broad SMARTS) is 1. The molecule has 19 heavy (non-hydrogen) atoms. The van der Waals surface area contributed by atoms with E-state index in [4.69, 9.17) is 9.84 Å². The lowest BCUT2D eigenvalue weighted by atomic mass is 10.2. The van der Waals surface area contributed by atoms with Crippen molar-refractivity contribution in [1.82, 2.24) is 9.97 Å². The molecule has 0 aliphatic rings. The Bertz CT molecular complexity index is 696. The predicted octanol–water partition coefficient (Wildman–Crippen LogP) is 1.71. The normalized spacial score (nSPS) is 10.2. The van der Waals surface area contributed by atoms with E-state index in [2.05, 4.69) is 9.97 Å². The zero-order valence-electron chi connectivity index (χ0n) is 9.81. The molecule has 7 heteroatoms. The summed E-state index contributed by atoms with van der Waals surface area (Å²) in [6.45, 7) is 1.57. The molecule has 98 valence electrons. The zero-order chi connectivity index (χ0) is 14.0. The van der Waals surface area contributed by atoms with Gasteiger partial charge in [0.05, 0.1) is 11.6 Å². The molecule has 1 aromatic carbocycles. The first-order valence-electron chi connectivity index (χ1n) is 5.24. The summed E-state index contributed by atoms with van der Waals surface area (Å²) in [4.78, 5) is 28.2. The third-order valence-electron chi connectivity index (χ3n) is 2.23. The van der Waals surface area contributed by atoms with Crippen molar-refractivity contribution in [3.05, 3.63) is 51.8 Å². The summed E-state index contributed by atoms with van der Waals surface area (Å²) in [5, 5.41) is 8.68. The molecule has 6 nitrogen and oxygen atoms in total. The Morgan fingerprint density at radius 1 is 1.42 bits per heavy atom. The molecule has 0 aliphatic carbocycles. The molecule has 0 aliphatic heterocycles. The molecule has 0 radical (unpaired) electrons. The van der Waals surface area contributed by atoms with Crippen molar-refractivity contribution in [2.24, 2.45) is 0 Å². The van der Waals surface area contributed by atoms with E-state index >= 15 is 0 Å². The highest BCUT2D eigenvalue weighted by Crippen LogP contribution is 2.21. The number of benzene rings is 1. The van der Waals surface area contributed by atoms with Crippen LogP contribution in [0.4, 0.5) is 4.39 Å². The molecule has 0 bridgehead atoms. The number of nitrogens with one attached hydrogen (secondary N) is 1. The predicted molar refractivity (Wildman–Crippen MR) is 63.0 cm³/mol. The van der Waals surface area contributed by atoms with Gasteiger partial charge in [-0.3, -0.25) is 4.79 Å². The van der Waals surface area contributed by atoms with Crippen LogP contribution in [-0.4, -0.2) is 21.0 Å². The van der Waals surface area contributed by atoms with Crippen LogP contribution >= 0.6 is 0 Å². The standard InChI is InChI=1S/C12H9FN2O4/c1-6-14-10(16)5-11(15-6)19-7-2-3-8(12(17)18)9(13)4-7/h2-5H,1H3,(H,17,18)(H,14,15,16). The number of aromatic carboxylic acids is 1. The van der Waals surface area contributed by atoms with E-state index in [1.165, 1.54) is 6.07 Å². The van der Waals surface area contributed by atoms with Crippen molar-refractivity contribution in [3.8, 4) is 11.6 Å². The molecule has 0 fully saturated rings. The molecule has 2 rings (SSSR count). The summed E-state index contributed by atoms with van der Waals surface area (Å²) in [6, 6.07) is 4.38. The fraction of sp³-hybridized carbons (Fsp3) is 0.0833. The van der Waals surface area contributed by atoms with Crippen LogP contribution in [-0.2, 0) is 0 Å². The summed E-state index contributed by atoms with van der Waals surface area (Å²) in [5.74, 6) is -1.88. The second kappa shape index (κ2) is 4.89. The minimum absolute atomic E-state index is 0.00345. The van der Waals surface area contributed by atoms with Gasteiger partial charge in [0.2, 0.25) is 5.88 Å². The van der Waals surface area contributed by atoms with Gasteiger partial charge in [-0.15, -0.1) is 0 Å². The van der Waals surface area contributed by atoms with Gasteiger partial charge in [0, 0.05) is 6.07 Å². The van der Waals surface area contributed by atoms with Gasteiger partial charge in [-0.1, -0.05) is 0 Å². The van der Waals surface area contributed by atoms with Gasteiger partial charge < -0.3 is 14.8 Å². The second-order valence-electron chi connectivity index (χ2n) is 3.72. The molecule has 1 aromatic heterocycles. The van der Waals surface area contributed by atoms with Crippen molar-refractivity contribution < 1.29 is 19.0 Å². The largest absolute Gasteiger partial charge is 0.478 e. The van der Waals surface area contributed by atoms with E-state index in [1.54, 1.807) is 6.92 Å². The molecular formula is C12H9FN2O4. The fourth-order valence-corrected chi connectivity index (χ4v) is 1.46. The van der Waals surface area contributed by atoms with E-state index in [0.29, 0.717) is 5.82 Å². The number of aromatic nitrogens is 2. The van der Waals surface area contributed by atoms with E-state index in [0.717, 1.165) is 18.2 Å². The molecule has 0 spiro atoms. The number of aryl methyl sites for hydroxylation is 1. The average molecular weight is 264 g/mol. The van der Waals surface area contributed by atoms with Gasteiger partial charge in [0.25, 0.3) is 5.56 Å². The first-order chi connectivity index (χ1) is 8.95. The van der Waals surface area contributed by atoms with Crippen molar-refractivity contribution in [2.45, 2.75) is 6.92 Å². The number of hydrogen-bond acceptors (Lipinski definition) is 4. The molecule has 0 atom stereocenters. The number of H-pyrrole nitrogens is 1. The minimum atomic E-state index is -1.37. The lowest BCUT2D eigenvalue weighted by molar-refractivity contribution is 0.0692. The molecule has 1 heterocycles. The molecule has 2 N–H and O–H groups in total. The maximum atomic E-state index is 13.4. The van der Waals surface area contributed by atoms with Gasteiger partial charge in [-0.25, -0.2) is 14.2 Å². The Hall–Kier alpha value is -2.70. The Morgan fingerprint density at radius 3 is 2.74 bits per heavy atom. The highest BCUT2D eigenvalue weighted by atomic mass is 19.1. The Labute approximate surface area is 106 Å². The maximum absolute atomic E-state index is 13.4. The summed E-state index contributed by atoms with van der Waals surface area (Å²) >= 11 is 0. The molecule has 2 aromatic rings. The highest BCUT2D eigenvalue weighted by Gasteiger charge is 2.11. The fourth-order valence-electron chi connectivity index (χ4n) is 1.46. The van der Waals surface area contributed by atoms with Crippen LogP contribution in [0.25, 0.3) is 0 Å². The van der Waals surface area contributed by atoms with E-state index in [9.17, 15) is 14.0 Å².